The second-order valence-electron chi connectivity index (χ2n) is 4.83. The monoisotopic (exact) mass is 270 g/mol. The maximum atomic E-state index is 9.02. The molecule has 0 spiro atoms. The number of para-hydroxylation sites is 1. The molecule has 21 heavy (non-hydrogen) atoms. The highest BCUT2D eigenvalue weighted by Gasteiger charge is 2.11. The molecule has 0 aliphatic heterocycles. The molecule has 0 unspecified atom stereocenters. The average Bonchev–Trinajstić information content (AvgIpc) is 2.93. The van der Waals surface area contributed by atoms with Gasteiger partial charge in [-0.15, -0.1) is 0 Å². The number of benzene rings is 1. The summed E-state index contributed by atoms with van der Waals surface area (Å²) < 4.78 is 0. The molecule has 0 bridgehead atoms. The molecule has 0 saturated carbocycles. The van der Waals surface area contributed by atoms with Gasteiger partial charge in [0.05, 0.1) is 16.8 Å². The molecule has 4 nitrogen and oxygen atoms in total. The van der Waals surface area contributed by atoms with Crippen LogP contribution >= 0.6 is 0 Å². The fourth-order valence-electron chi connectivity index (χ4n) is 2.62. The third-order valence-corrected chi connectivity index (χ3v) is 3.57. The molecule has 0 atom stereocenters. The van der Waals surface area contributed by atoms with Gasteiger partial charge in [-0.1, -0.05) is 18.2 Å². The number of hydrogen-bond donors (Lipinski definition) is 1. The quantitative estimate of drug-likeness (QED) is 0.574. The van der Waals surface area contributed by atoms with Crippen LogP contribution in [-0.4, -0.2) is 15.0 Å². The van der Waals surface area contributed by atoms with Crippen molar-refractivity contribution in [3.8, 4) is 17.3 Å². The Hall–Kier alpha value is -3.19. The van der Waals surface area contributed by atoms with Crippen LogP contribution in [0.25, 0.3) is 33.1 Å². The van der Waals surface area contributed by atoms with Crippen molar-refractivity contribution in [1.82, 2.24) is 15.0 Å². The Labute approximate surface area is 120 Å². The van der Waals surface area contributed by atoms with E-state index < -0.39 is 0 Å². The lowest BCUT2D eigenvalue weighted by Crippen LogP contribution is -1.88. The summed E-state index contributed by atoms with van der Waals surface area (Å²) in [6.45, 7) is 0. The standard InChI is InChI=1S/C17H10N4/c18-8-11-7-12(10-19-9-11)16-17-14(5-6-20-16)13-3-1-2-4-15(13)21-17/h1-7,9-10,21H. The lowest BCUT2D eigenvalue weighted by atomic mass is 10.1. The lowest BCUT2D eigenvalue weighted by molar-refractivity contribution is 1.27. The first kappa shape index (κ1) is 11.6. The molecule has 0 radical (unpaired) electrons. The second kappa shape index (κ2) is 4.43. The molecule has 0 aliphatic rings. The Morgan fingerprint density at radius 1 is 1.05 bits per heavy atom. The maximum Gasteiger partial charge on any atom is 0.101 e. The number of aromatic amines is 1. The molecule has 4 heteroatoms. The number of aromatic nitrogens is 3. The molecular weight excluding hydrogens is 260 g/mol. The van der Waals surface area contributed by atoms with Gasteiger partial charge in [-0.25, -0.2) is 0 Å². The Kier molecular flexibility index (Phi) is 2.45. The van der Waals surface area contributed by atoms with E-state index in [-0.39, 0.29) is 0 Å². The van der Waals surface area contributed by atoms with Crippen molar-refractivity contribution >= 4 is 21.8 Å². The zero-order valence-electron chi connectivity index (χ0n) is 11.0. The lowest BCUT2D eigenvalue weighted by Gasteiger charge is -2.02. The van der Waals surface area contributed by atoms with Gasteiger partial charge in [0.15, 0.2) is 0 Å². The zero-order chi connectivity index (χ0) is 14.2. The van der Waals surface area contributed by atoms with E-state index in [0.29, 0.717) is 5.56 Å². The maximum absolute atomic E-state index is 9.02. The number of nitrogens with one attached hydrogen (secondary N) is 1. The van der Waals surface area contributed by atoms with Crippen LogP contribution < -0.4 is 0 Å². The van der Waals surface area contributed by atoms with Gasteiger partial charge in [0.2, 0.25) is 0 Å². The highest BCUT2D eigenvalue weighted by molar-refractivity contribution is 6.10. The Bertz CT molecular complexity index is 1010. The fraction of sp³-hybridized carbons (Fsp3) is 0. The van der Waals surface area contributed by atoms with Crippen molar-refractivity contribution in [3.05, 3.63) is 60.6 Å². The Balaban J connectivity index is 2.07. The summed E-state index contributed by atoms with van der Waals surface area (Å²) in [6, 6.07) is 14.1. The molecule has 98 valence electrons. The van der Waals surface area contributed by atoms with Crippen LogP contribution in [0.4, 0.5) is 0 Å². The van der Waals surface area contributed by atoms with E-state index in [1.807, 2.05) is 24.3 Å². The number of fused-ring (bicyclic) bond motifs is 3. The van der Waals surface area contributed by atoms with Crippen molar-refractivity contribution in [2.24, 2.45) is 0 Å². The molecule has 0 amide bonds. The minimum absolute atomic E-state index is 0.530. The van der Waals surface area contributed by atoms with Crippen LogP contribution in [-0.2, 0) is 0 Å². The van der Waals surface area contributed by atoms with Gasteiger partial charge < -0.3 is 4.98 Å². The first-order chi connectivity index (χ1) is 10.4. The summed E-state index contributed by atoms with van der Waals surface area (Å²) in [4.78, 5) is 12.0. The van der Waals surface area contributed by atoms with Crippen LogP contribution in [0, 0.1) is 11.3 Å². The molecular formula is C17H10N4. The van der Waals surface area contributed by atoms with E-state index in [2.05, 4.69) is 27.1 Å². The summed E-state index contributed by atoms with van der Waals surface area (Å²) in [5.41, 5.74) is 4.23. The summed E-state index contributed by atoms with van der Waals surface area (Å²) in [7, 11) is 0. The van der Waals surface area contributed by atoms with Crippen LogP contribution in [0.3, 0.4) is 0 Å². The second-order valence-corrected chi connectivity index (χ2v) is 4.83. The highest BCUT2D eigenvalue weighted by Crippen LogP contribution is 2.31. The number of H-pyrrole nitrogens is 1. The van der Waals surface area contributed by atoms with Gasteiger partial charge in [-0.2, -0.15) is 5.26 Å². The van der Waals surface area contributed by atoms with Gasteiger partial charge >= 0.3 is 0 Å². The minimum atomic E-state index is 0.530. The summed E-state index contributed by atoms with van der Waals surface area (Å²) in [5, 5.41) is 11.3. The topological polar surface area (TPSA) is 65.4 Å². The highest BCUT2D eigenvalue weighted by atomic mass is 14.8. The van der Waals surface area contributed by atoms with E-state index >= 15 is 0 Å². The van der Waals surface area contributed by atoms with E-state index in [1.165, 1.54) is 5.39 Å². The van der Waals surface area contributed by atoms with Crippen molar-refractivity contribution < 1.29 is 0 Å². The zero-order valence-corrected chi connectivity index (χ0v) is 11.0. The van der Waals surface area contributed by atoms with Gasteiger partial charge in [0, 0.05) is 40.4 Å². The number of nitrogens with zero attached hydrogens (tertiary/aromatic N) is 3. The Morgan fingerprint density at radius 2 is 1.95 bits per heavy atom. The normalized spacial score (nSPS) is 10.8. The van der Waals surface area contributed by atoms with Gasteiger partial charge in [-0.3, -0.25) is 9.97 Å². The van der Waals surface area contributed by atoms with E-state index in [0.717, 1.165) is 27.7 Å². The number of pyridine rings is 2. The van der Waals surface area contributed by atoms with Crippen molar-refractivity contribution in [1.29, 1.82) is 5.26 Å². The third-order valence-electron chi connectivity index (χ3n) is 3.57. The van der Waals surface area contributed by atoms with Gasteiger partial charge in [0.1, 0.15) is 6.07 Å². The predicted molar refractivity (Wildman–Crippen MR) is 81.5 cm³/mol. The first-order valence-electron chi connectivity index (χ1n) is 6.58. The third kappa shape index (κ3) is 1.76. The molecule has 3 heterocycles. The number of hydrogen-bond acceptors (Lipinski definition) is 3. The van der Waals surface area contributed by atoms with Crippen LogP contribution in [0.5, 0.6) is 0 Å². The van der Waals surface area contributed by atoms with Crippen molar-refractivity contribution in [2.75, 3.05) is 0 Å². The molecule has 0 aliphatic carbocycles. The van der Waals surface area contributed by atoms with E-state index in [4.69, 9.17) is 5.26 Å². The fourth-order valence-corrected chi connectivity index (χ4v) is 2.62. The van der Waals surface area contributed by atoms with Crippen LogP contribution in [0.1, 0.15) is 5.56 Å². The molecule has 4 rings (SSSR count). The van der Waals surface area contributed by atoms with E-state index in [9.17, 15) is 0 Å². The van der Waals surface area contributed by atoms with E-state index in [1.54, 1.807) is 24.7 Å². The SMILES string of the molecule is N#Cc1cncc(-c2nccc3c2[nH]c2ccccc23)c1. The molecule has 1 aromatic carbocycles. The van der Waals surface area contributed by atoms with Crippen molar-refractivity contribution in [3.63, 3.8) is 0 Å². The van der Waals surface area contributed by atoms with Crippen molar-refractivity contribution in [2.45, 2.75) is 0 Å². The number of rotatable bonds is 1. The predicted octanol–water partition coefficient (Wildman–Crippen LogP) is 3.65. The number of nitriles is 1. The minimum Gasteiger partial charge on any atom is -0.353 e. The van der Waals surface area contributed by atoms with Crippen LogP contribution in [0.2, 0.25) is 0 Å². The summed E-state index contributed by atoms with van der Waals surface area (Å²) in [6.07, 6.45) is 5.07. The van der Waals surface area contributed by atoms with Gasteiger partial charge in [-0.05, 0) is 18.2 Å². The molecule has 4 aromatic rings. The van der Waals surface area contributed by atoms with Crippen LogP contribution in [0.15, 0.2) is 55.0 Å². The molecule has 3 aromatic heterocycles. The van der Waals surface area contributed by atoms with Gasteiger partial charge in [0.25, 0.3) is 0 Å². The largest absolute Gasteiger partial charge is 0.353 e. The Morgan fingerprint density at radius 3 is 2.86 bits per heavy atom. The summed E-state index contributed by atoms with van der Waals surface area (Å²) >= 11 is 0. The summed E-state index contributed by atoms with van der Waals surface area (Å²) in [5.74, 6) is 0. The molecule has 0 saturated heterocycles. The molecule has 0 fully saturated rings. The average molecular weight is 270 g/mol. The molecule has 1 N–H and O–H groups in total. The smallest absolute Gasteiger partial charge is 0.101 e. The first-order valence-corrected chi connectivity index (χ1v) is 6.58.